The summed E-state index contributed by atoms with van der Waals surface area (Å²) in [5.41, 5.74) is 1.85. The Morgan fingerprint density at radius 3 is 2.46 bits per heavy atom. The molecule has 0 unspecified atom stereocenters. The minimum Gasteiger partial charge on any atom is -0.452 e. The molecule has 0 aliphatic heterocycles. The van der Waals surface area contributed by atoms with E-state index in [0.717, 1.165) is 5.56 Å². The molecule has 4 aromatic rings. The third kappa shape index (κ3) is 3.42. The predicted octanol–water partition coefficient (Wildman–Crippen LogP) is 5.64. The standard InChI is InChI=1S/C23H15ClO4/c1-14-5-4-6-16(13-14)23(26)28-22-20(25)18-7-2-3-8-19(18)27-21(22)15-9-11-17(24)12-10-15/h2-13H,1H3. The lowest BCUT2D eigenvalue weighted by Crippen LogP contribution is -2.16. The van der Waals surface area contributed by atoms with E-state index in [4.69, 9.17) is 20.8 Å². The Balaban J connectivity index is 1.89. The quantitative estimate of drug-likeness (QED) is 0.425. The third-order valence-corrected chi connectivity index (χ3v) is 4.56. The molecule has 28 heavy (non-hydrogen) atoms. The molecule has 0 N–H and O–H groups in total. The fourth-order valence-corrected chi connectivity index (χ4v) is 3.06. The molecule has 0 fully saturated rings. The van der Waals surface area contributed by atoms with Gasteiger partial charge in [-0.05, 0) is 55.5 Å². The van der Waals surface area contributed by atoms with Crippen LogP contribution in [0, 0.1) is 6.92 Å². The molecular formula is C23H15ClO4. The van der Waals surface area contributed by atoms with Gasteiger partial charge in [0.05, 0.1) is 10.9 Å². The minimum absolute atomic E-state index is 0.146. The van der Waals surface area contributed by atoms with Crippen molar-refractivity contribution < 1.29 is 13.9 Å². The summed E-state index contributed by atoms with van der Waals surface area (Å²) in [6, 6.07) is 20.6. The van der Waals surface area contributed by atoms with Gasteiger partial charge in [-0.25, -0.2) is 4.79 Å². The normalized spacial score (nSPS) is 10.8. The topological polar surface area (TPSA) is 56.5 Å². The highest BCUT2D eigenvalue weighted by atomic mass is 35.5. The Morgan fingerprint density at radius 1 is 0.964 bits per heavy atom. The zero-order valence-corrected chi connectivity index (χ0v) is 15.7. The molecule has 0 saturated carbocycles. The number of benzene rings is 3. The first kappa shape index (κ1) is 18.0. The van der Waals surface area contributed by atoms with E-state index in [1.807, 2.05) is 13.0 Å². The largest absolute Gasteiger partial charge is 0.452 e. The van der Waals surface area contributed by atoms with Gasteiger partial charge in [0.25, 0.3) is 0 Å². The van der Waals surface area contributed by atoms with E-state index < -0.39 is 11.4 Å². The van der Waals surface area contributed by atoms with Crippen LogP contribution in [-0.4, -0.2) is 5.97 Å². The number of hydrogen-bond acceptors (Lipinski definition) is 4. The molecule has 0 spiro atoms. The molecule has 0 radical (unpaired) electrons. The summed E-state index contributed by atoms with van der Waals surface area (Å²) in [6.45, 7) is 1.88. The lowest BCUT2D eigenvalue weighted by Gasteiger charge is -2.11. The van der Waals surface area contributed by atoms with Gasteiger partial charge in [-0.3, -0.25) is 4.79 Å². The van der Waals surface area contributed by atoms with Gasteiger partial charge in [0.1, 0.15) is 5.58 Å². The maximum absolute atomic E-state index is 13.1. The fraction of sp³-hybridized carbons (Fsp3) is 0.0435. The van der Waals surface area contributed by atoms with Crippen LogP contribution in [0.2, 0.25) is 5.02 Å². The van der Waals surface area contributed by atoms with Gasteiger partial charge in [-0.15, -0.1) is 0 Å². The average molecular weight is 391 g/mol. The van der Waals surface area contributed by atoms with Crippen LogP contribution in [0.4, 0.5) is 0 Å². The van der Waals surface area contributed by atoms with Crippen LogP contribution in [0.1, 0.15) is 15.9 Å². The van der Waals surface area contributed by atoms with Crippen molar-refractivity contribution in [2.45, 2.75) is 6.92 Å². The van der Waals surface area contributed by atoms with E-state index in [1.54, 1.807) is 66.7 Å². The molecule has 0 aliphatic carbocycles. The molecular weight excluding hydrogens is 376 g/mol. The number of ether oxygens (including phenoxy) is 1. The first-order valence-electron chi connectivity index (χ1n) is 8.63. The number of fused-ring (bicyclic) bond motifs is 1. The van der Waals surface area contributed by atoms with E-state index in [0.29, 0.717) is 27.1 Å². The fourth-order valence-electron chi connectivity index (χ4n) is 2.93. The van der Waals surface area contributed by atoms with Gasteiger partial charge in [0.15, 0.2) is 5.76 Å². The maximum atomic E-state index is 13.1. The molecule has 0 aliphatic rings. The van der Waals surface area contributed by atoms with Crippen LogP contribution in [0.25, 0.3) is 22.3 Å². The number of carbonyl (C=O) groups excluding carboxylic acids is 1. The van der Waals surface area contributed by atoms with Crippen LogP contribution in [-0.2, 0) is 0 Å². The first-order chi connectivity index (χ1) is 13.5. The monoisotopic (exact) mass is 390 g/mol. The smallest absolute Gasteiger partial charge is 0.343 e. The number of carbonyl (C=O) groups is 1. The predicted molar refractivity (Wildman–Crippen MR) is 109 cm³/mol. The molecule has 0 bridgehead atoms. The Labute approximate surface area is 166 Å². The molecule has 1 aromatic heterocycles. The van der Waals surface area contributed by atoms with Crippen LogP contribution in [0.3, 0.4) is 0 Å². The van der Waals surface area contributed by atoms with Crippen molar-refractivity contribution in [2.24, 2.45) is 0 Å². The zero-order chi connectivity index (χ0) is 19.7. The summed E-state index contributed by atoms with van der Waals surface area (Å²) in [7, 11) is 0. The Bertz CT molecular complexity index is 1240. The molecule has 3 aromatic carbocycles. The summed E-state index contributed by atoms with van der Waals surface area (Å²) in [5, 5.41) is 0.887. The highest BCUT2D eigenvalue weighted by molar-refractivity contribution is 6.30. The molecule has 1 heterocycles. The lowest BCUT2D eigenvalue weighted by molar-refractivity contribution is 0.0731. The summed E-state index contributed by atoms with van der Waals surface area (Å²) in [6.07, 6.45) is 0. The maximum Gasteiger partial charge on any atom is 0.343 e. The molecule has 5 heteroatoms. The van der Waals surface area contributed by atoms with Crippen molar-refractivity contribution in [3.8, 4) is 17.1 Å². The average Bonchev–Trinajstić information content (AvgIpc) is 2.70. The zero-order valence-electron chi connectivity index (χ0n) is 14.9. The second kappa shape index (κ2) is 7.33. The number of rotatable bonds is 3. The molecule has 4 rings (SSSR count). The summed E-state index contributed by atoms with van der Waals surface area (Å²) >= 11 is 5.97. The highest BCUT2D eigenvalue weighted by Crippen LogP contribution is 2.32. The molecule has 0 saturated heterocycles. The van der Waals surface area contributed by atoms with Crippen LogP contribution >= 0.6 is 11.6 Å². The minimum atomic E-state index is -0.624. The number of halogens is 1. The second-order valence-corrected chi connectivity index (χ2v) is 6.79. The Kier molecular flexibility index (Phi) is 4.72. The summed E-state index contributed by atoms with van der Waals surface area (Å²) < 4.78 is 11.5. The van der Waals surface area contributed by atoms with Crippen molar-refractivity contribution >= 4 is 28.5 Å². The van der Waals surface area contributed by atoms with E-state index >= 15 is 0 Å². The molecule has 0 atom stereocenters. The summed E-state index contributed by atoms with van der Waals surface area (Å²) in [5.74, 6) is -0.588. The number of esters is 1. The summed E-state index contributed by atoms with van der Waals surface area (Å²) in [4.78, 5) is 25.7. The van der Waals surface area contributed by atoms with Gasteiger partial charge in [-0.2, -0.15) is 0 Å². The van der Waals surface area contributed by atoms with Crippen molar-refractivity contribution in [3.63, 3.8) is 0 Å². The Hall–Kier alpha value is -3.37. The lowest BCUT2D eigenvalue weighted by atomic mass is 10.1. The Morgan fingerprint density at radius 2 is 1.71 bits per heavy atom. The number of hydrogen-bond donors (Lipinski definition) is 0. The van der Waals surface area contributed by atoms with E-state index in [9.17, 15) is 9.59 Å². The second-order valence-electron chi connectivity index (χ2n) is 6.35. The molecule has 4 nitrogen and oxygen atoms in total. The van der Waals surface area contributed by atoms with Gasteiger partial charge in [0, 0.05) is 10.6 Å². The van der Waals surface area contributed by atoms with Gasteiger partial charge < -0.3 is 9.15 Å². The van der Waals surface area contributed by atoms with Gasteiger partial charge in [-0.1, -0.05) is 41.4 Å². The van der Waals surface area contributed by atoms with Crippen LogP contribution in [0.15, 0.2) is 82.0 Å². The van der Waals surface area contributed by atoms with Crippen molar-refractivity contribution in [1.29, 1.82) is 0 Å². The van der Waals surface area contributed by atoms with E-state index in [-0.39, 0.29) is 11.5 Å². The van der Waals surface area contributed by atoms with Gasteiger partial charge >= 0.3 is 5.97 Å². The SMILES string of the molecule is Cc1cccc(C(=O)Oc2c(-c3ccc(Cl)cc3)oc3ccccc3c2=O)c1. The van der Waals surface area contributed by atoms with E-state index in [1.165, 1.54) is 0 Å². The van der Waals surface area contributed by atoms with Crippen LogP contribution in [0.5, 0.6) is 5.75 Å². The van der Waals surface area contributed by atoms with Crippen molar-refractivity contribution in [1.82, 2.24) is 0 Å². The number of aryl methyl sites for hydroxylation is 1. The van der Waals surface area contributed by atoms with E-state index in [2.05, 4.69) is 0 Å². The molecule has 138 valence electrons. The van der Waals surface area contributed by atoms with Gasteiger partial charge in [0.2, 0.25) is 11.2 Å². The first-order valence-corrected chi connectivity index (χ1v) is 9.01. The number of para-hydroxylation sites is 1. The third-order valence-electron chi connectivity index (χ3n) is 4.31. The van der Waals surface area contributed by atoms with Crippen molar-refractivity contribution in [3.05, 3.63) is 99.2 Å². The van der Waals surface area contributed by atoms with Crippen LogP contribution < -0.4 is 10.2 Å². The van der Waals surface area contributed by atoms with Crippen molar-refractivity contribution in [2.75, 3.05) is 0 Å². The molecule has 0 amide bonds. The highest BCUT2D eigenvalue weighted by Gasteiger charge is 2.21.